The highest BCUT2D eigenvalue weighted by atomic mass is 15.0. The smallest absolute Gasteiger partial charge is 0.126 e. The Bertz CT molecular complexity index is 546. The van der Waals surface area contributed by atoms with Crippen molar-refractivity contribution < 1.29 is 0 Å². The molecular weight excluding hydrogens is 200 g/mol. The maximum atomic E-state index is 4.48. The molecule has 0 radical (unpaired) electrons. The molecule has 0 aromatic carbocycles. The molecule has 0 spiro atoms. The van der Waals surface area contributed by atoms with Crippen LogP contribution in [-0.4, -0.2) is 19.9 Å². The number of nitrogens with zero attached hydrogens (tertiary/aromatic N) is 4. The fraction of sp³-hybridized carbons (Fsp3) is 0.500. The molecule has 4 nitrogen and oxygen atoms in total. The van der Waals surface area contributed by atoms with E-state index in [0.29, 0.717) is 5.92 Å². The second-order valence-corrected chi connectivity index (χ2v) is 4.36. The molecule has 0 bridgehead atoms. The molecule has 0 amide bonds. The van der Waals surface area contributed by atoms with E-state index in [4.69, 9.17) is 0 Å². The van der Waals surface area contributed by atoms with E-state index >= 15 is 0 Å². The van der Waals surface area contributed by atoms with Gasteiger partial charge in [-0.05, 0) is 26.7 Å². The lowest BCUT2D eigenvalue weighted by atomic mass is 10.1. The van der Waals surface area contributed by atoms with Crippen LogP contribution in [0, 0.1) is 20.8 Å². The van der Waals surface area contributed by atoms with E-state index in [1.165, 1.54) is 0 Å². The monoisotopic (exact) mass is 216 g/mol. The van der Waals surface area contributed by atoms with Crippen LogP contribution in [0.5, 0.6) is 0 Å². The standard InChI is InChI=1S/C12H16N4/c1-6(2)10-12-11(15-9(5)14-10)7(3)13-8(4)16-12/h6H,1-5H3. The van der Waals surface area contributed by atoms with Crippen molar-refractivity contribution in [2.24, 2.45) is 0 Å². The number of hydrogen-bond donors (Lipinski definition) is 0. The van der Waals surface area contributed by atoms with Crippen LogP contribution in [0.1, 0.15) is 42.8 Å². The summed E-state index contributed by atoms with van der Waals surface area (Å²) in [6, 6.07) is 0. The van der Waals surface area contributed by atoms with E-state index in [9.17, 15) is 0 Å². The highest BCUT2D eigenvalue weighted by Crippen LogP contribution is 2.22. The molecule has 4 heteroatoms. The second-order valence-electron chi connectivity index (χ2n) is 4.36. The van der Waals surface area contributed by atoms with Gasteiger partial charge in [-0.25, -0.2) is 19.9 Å². The minimum absolute atomic E-state index is 0.345. The molecule has 84 valence electrons. The van der Waals surface area contributed by atoms with Gasteiger partial charge in [-0.1, -0.05) is 13.8 Å². The highest BCUT2D eigenvalue weighted by Gasteiger charge is 2.13. The quantitative estimate of drug-likeness (QED) is 0.734. The molecule has 0 atom stereocenters. The molecule has 0 N–H and O–H groups in total. The molecule has 0 aliphatic carbocycles. The van der Waals surface area contributed by atoms with Gasteiger partial charge in [0.05, 0.1) is 11.4 Å². The third-order valence-corrected chi connectivity index (χ3v) is 2.52. The summed E-state index contributed by atoms with van der Waals surface area (Å²) in [7, 11) is 0. The summed E-state index contributed by atoms with van der Waals surface area (Å²) in [6.07, 6.45) is 0. The first-order valence-corrected chi connectivity index (χ1v) is 5.48. The molecule has 0 unspecified atom stereocenters. The van der Waals surface area contributed by atoms with Gasteiger partial charge in [-0.3, -0.25) is 0 Å². The lowest BCUT2D eigenvalue weighted by Gasteiger charge is -2.10. The summed E-state index contributed by atoms with van der Waals surface area (Å²) in [5.74, 6) is 1.91. The minimum atomic E-state index is 0.345. The van der Waals surface area contributed by atoms with Gasteiger partial charge >= 0.3 is 0 Å². The largest absolute Gasteiger partial charge is 0.236 e. The molecule has 0 saturated carbocycles. The first-order valence-electron chi connectivity index (χ1n) is 5.48. The predicted octanol–water partition coefficient (Wildman–Crippen LogP) is 2.47. The van der Waals surface area contributed by atoms with Crippen molar-refractivity contribution in [3.8, 4) is 0 Å². The van der Waals surface area contributed by atoms with Gasteiger partial charge in [0.2, 0.25) is 0 Å². The first kappa shape index (κ1) is 10.9. The Kier molecular flexibility index (Phi) is 2.58. The van der Waals surface area contributed by atoms with Crippen LogP contribution >= 0.6 is 0 Å². The SMILES string of the molecule is Cc1nc(C(C)C)c2nc(C)nc(C)c2n1. The Hall–Kier alpha value is -1.58. The van der Waals surface area contributed by atoms with E-state index in [1.54, 1.807) is 0 Å². The van der Waals surface area contributed by atoms with Gasteiger partial charge in [0.15, 0.2) is 0 Å². The average molecular weight is 216 g/mol. The topological polar surface area (TPSA) is 51.6 Å². The number of fused-ring (bicyclic) bond motifs is 1. The zero-order chi connectivity index (χ0) is 11.9. The molecule has 0 aliphatic heterocycles. The Labute approximate surface area is 95.2 Å². The lowest BCUT2D eigenvalue weighted by molar-refractivity contribution is 0.809. The molecule has 16 heavy (non-hydrogen) atoms. The molecule has 2 aromatic rings. The van der Waals surface area contributed by atoms with Crippen molar-refractivity contribution >= 4 is 11.0 Å². The second kappa shape index (κ2) is 3.77. The Morgan fingerprint density at radius 1 is 0.750 bits per heavy atom. The van der Waals surface area contributed by atoms with Crippen LogP contribution in [0.2, 0.25) is 0 Å². The Balaban J connectivity index is 2.89. The van der Waals surface area contributed by atoms with Crippen LogP contribution in [0.15, 0.2) is 0 Å². The number of hydrogen-bond acceptors (Lipinski definition) is 4. The fourth-order valence-electron chi connectivity index (χ4n) is 1.84. The van der Waals surface area contributed by atoms with E-state index in [-0.39, 0.29) is 0 Å². The van der Waals surface area contributed by atoms with Gasteiger partial charge < -0.3 is 0 Å². The first-order chi connectivity index (χ1) is 7.49. The Morgan fingerprint density at radius 2 is 1.31 bits per heavy atom. The van der Waals surface area contributed by atoms with E-state index < -0.39 is 0 Å². The van der Waals surface area contributed by atoms with Gasteiger partial charge in [0.1, 0.15) is 22.7 Å². The summed E-state index contributed by atoms with van der Waals surface area (Å²) in [5, 5.41) is 0. The molecule has 2 heterocycles. The highest BCUT2D eigenvalue weighted by molar-refractivity contribution is 5.78. The number of aromatic nitrogens is 4. The van der Waals surface area contributed by atoms with Gasteiger partial charge in [-0.15, -0.1) is 0 Å². The summed E-state index contributed by atoms with van der Waals surface area (Å²) in [5.41, 5.74) is 3.71. The lowest BCUT2D eigenvalue weighted by Crippen LogP contribution is -2.05. The van der Waals surface area contributed by atoms with Crippen molar-refractivity contribution in [2.45, 2.75) is 40.5 Å². The van der Waals surface area contributed by atoms with Crippen molar-refractivity contribution in [1.82, 2.24) is 19.9 Å². The Morgan fingerprint density at radius 3 is 1.94 bits per heavy atom. The van der Waals surface area contributed by atoms with Crippen LogP contribution in [-0.2, 0) is 0 Å². The van der Waals surface area contributed by atoms with Crippen molar-refractivity contribution in [2.75, 3.05) is 0 Å². The van der Waals surface area contributed by atoms with Crippen LogP contribution in [0.4, 0.5) is 0 Å². The normalized spacial score (nSPS) is 11.4. The van der Waals surface area contributed by atoms with Crippen molar-refractivity contribution in [3.63, 3.8) is 0 Å². The third-order valence-electron chi connectivity index (χ3n) is 2.52. The van der Waals surface area contributed by atoms with Crippen LogP contribution in [0.25, 0.3) is 11.0 Å². The molecule has 0 saturated heterocycles. The molecule has 0 aliphatic rings. The van der Waals surface area contributed by atoms with Crippen LogP contribution in [0.3, 0.4) is 0 Å². The minimum Gasteiger partial charge on any atom is -0.236 e. The summed E-state index contributed by atoms with van der Waals surface area (Å²) >= 11 is 0. The number of rotatable bonds is 1. The zero-order valence-corrected chi connectivity index (χ0v) is 10.4. The van der Waals surface area contributed by atoms with Gasteiger partial charge in [-0.2, -0.15) is 0 Å². The molecular formula is C12H16N4. The average Bonchev–Trinajstić information content (AvgIpc) is 2.18. The molecule has 2 aromatic heterocycles. The van der Waals surface area contributed by atoms with Crippen LogP contribution < -0.4 is 0 Å². The van der Waals surface area contributed by atoms with E-state index in [2.05, 4.69) is 33.8 Å². The summed E-state index contributed by atoms with van der Waals surface area (Å²) < 4.78 is 0. The number of aryl methyl sites for hydroxylation is 3. The van der Waals surface area contributed by atoms with Gasteiger partial charge in [0, 0.05) is 0 Å². The molecule has 2 rings (SSSR count). The summed E-state index contributed by atoms with van der Waals surface area (Å²) in [6.45, 7) is 10.0. The summed E-state index contributed by atoms with van der Waals surface area (Å²) in [4.78, 5) is 17.7. The van der Waals surface area contributed by atoms with E-state index in [0.717, 1.165) is 34.1 Å². The zero-order valence-electron chi connectivity index (χ0n) is 10.4. The van der Waals surface area contributed by atoms with Crippen molar-refractivity contribution in [3.05, 3.63) is 23.0 Å². The van der Waals surface area contributed by atoms with Gasteiger partial charge in [0.25, 0.3) is 0 Å². The third kappa shape index (κ3) is 1.75. The van der Waals surface area contributed by atoms with E-state index in [1.807, 2.05) is 20.8 Å². The molecule has 0 fully saturated rings. The van der Waals surface area contributed by atoms with Crippen molar-refractivity contribution in [1.29, 1.82) is 0 Å². The predicted molar refractivity (Wildman–Crippen MR) is 63.4 cm³/mol. The maximum Gasteiger partial charge on any atom is 0.126 e. The maximum absolute atomic E-state index is 4.48. The fourth-order valence-corrected chi connectivity index (χ4v) is 1.84.